The van der Waals surface area contributed by atoms with Crippen molar-refractivity contribution in [3.05, 3.63) is 53.2 Å². The molecule has 2 amide bonds. The van der Waals surface area contributed by atoms with E-state index in [0.717, 1.165) is 68.7 Å². The standard InChI is InChI=1S/C25H33N5O3/c1-3-29-13-9-25(2,10-14-29)24(32)27-22-16-21(8-11-26-22)30-12-4-5-18-15-19(23(31)28-33)6-7-20(18)17-30/h6-8,11,15-16,33H,3-5,9-10,12-14,17H2,1-2H3,(H,28,31)(H,26,27,32). The van der Waals surface area contributed by atoms with Crippen molar-refractivity contribution in [2.75, 3.05) is 36.4 Å². The van der Waals surface area contributed by atoms with Crippen LogP contribution in [0.2, 0.25) is 0 Å². The summed E-state index contributed by atoms with van der Waals surface area (Å²) in [6, 6.07) is 9.45. The number of nitrogens with one attached hydrogen (secondary N) is 2. The van der Waals surface area contributed by atoms with Crippen molar-refractivity contribution in [3.8, 4) is 0 Å². The van der Waals surface area contributed by atoms with E-state index in [-0.39, 0.29) is 11.3 Å². The number of aromatic nitrogens is 1. The number of anilines is 2. The lowest BCUT2D eigenvalue weighted by molar-refractivity contribution is -0.127. The Morgan fingerprint density at radius 3 is 2.64 bits per heavy atom. The summed E-state index contributed by atoms with van der Waals surface area (Å²) in [6.45, 7) is 8.69. The van der Waals surface area contributed by atoms with Gasteiger partial charge in [0.1, 0.15) is 5.82 Å². The first-order valence-corrected chi connectivity index (χ1v) is 11.7. The topological polar surface area (TPSA) is 97.8 Å². The molecule has 0 atom stereocenters. The first-order chi connectivity index (χ1) is 15.9. The number of hydrogen-bond donors (Lipinski definition) is 3. The smallest absolute Gasteiger partial charge is 0.274 e. The lowest BCUT2D eigenvalue weighted by atomic mass is 9.79. The number of pyridine rings is 1. The van der Waals surface area contributed by atoms with Gasteiger partial charge in [0.25, 0.3) is 5.91 Å². The van der Waals surface area contributed by atoms with Crippen molar-refractivity contribution >= 4 is 23.3 Å². The SMILES string of the molecule is CCN1CCC(C)(C(=O)Nc2cc(N3CCCc4cc(C(=O)NO)ccc4C3)ccn2)CC1. The van der Waals surface area contributed by atoms with Gasteiger partial charge in [0.15, 0.2) is 0 Å². The van der Waals surface area contributed by atoms with Crippen LogP contribution in [0.1, 0.15) is 54.6 Å². The Hall–Kier alpha value is -2.97. The van der Waals surface area contributed by atoms with Crippen molar-refractivity contribution in [1.29, 1.82) is 0 Å². The van der Waals surface area contributed by atoms with Gasteiger partial charge in [-0.05, 0) is 74.6 Å². The highest BCUT2D eigenvalue weighted by Gasteiger charge is 2.36. The molecule has 1 aromatic carbocycles. The van der Waals surface area contributed by atoms with Crippen LogP contribution in [0.15, 0.2) is 36.5 Å². The molecule has 0 spiro atoms. The third kappa shape index (κ3) is 5.17. The third-order valence-electron chi connectivity index (χ3n) is 7.11. The summed E-state index contributed by atoms with van der Waals surface area (Å²) in [5.74, 6) is 0.123. The monoisotopic (exact) mass is 451 g/mol. The molecule has 2 aromatic rings. The van der Waals surface area contributed by atoms with Gasteiger partial charge >= 0.3 is 0 Å². The van der Waals surface area contributed by atoms with E-state index in [0.29, 0.717) is 17.9 Å². The zero-order chi connectivity index (χ0) is 23.4. The van der Waals surface area contributed by atoms with Crippen molar-refractivity contribution < 1.29 is 14.8 Å². The van der Waals surface area contributed by atoms with Crippen LogP contribution in [0.4, 0.5) is 11.5 Å². The van der Waals surface area contributed by atoms with E-state index in [1.54, 1.807) is 17.7 Å². The molecule has 176 valence electrons. The number of likely N-dealkylation sites (tertiary alicyclic amines) is 1. The molecular formula is C25H33N5O3. The normalized spacial score (nSPS) is 18.2. The van der Waals surface area contributed by atoms with Crippen molar-refractivity contribution in [2.45, 2.75) is 46.1 Å². The minimum absolute atomic E-state index is 0.0406. The lowest BCUT2D eigenvalue weighted by Gasteiger charge is -2.37. The Labute approximate surface area is 194 Å². The van der Waals surface area contributed by atoms with Gasteiger partial charge in [-0.25, -0.2) is 10.5 Å². The van der Waals surface area contributed by atoms with Crippen molar-refractivity contribution in [3.63, 3.8) is 0 Å². The van der Waals surface area contributed by atoms with Gasteiger partial charge in [0.05, 0.1) is 0 Å². The summed E-state index contributed by atoms with van der Waals surface area (Å²) in [4.78, 5) is 33.9. The molecule has 0 bridgehead atoms. The minimum atomic E-state index is -0.498. The highest BCUT2D eigenvalue weighted by Crippen LogP contribution is 2.33. The molecule has 0 aliphatic carbocycles. The number of aryl methyl sites for hydroxylation is 1. The maximum absolute atomic E-state index is 13.1. The van der Waals surface area contributed by atoms with E-state index in [1.807, 2.05) is 24.3 Å². The zero-order valence-corrected chi connectivity index (χ0v) is 19.4. The average Bonchev–Trinajstić information content (AvgIpc) is 3.06. The Kier molecular flexibility index (Phi) is 6.95. The molecular weight excluding hydrogens is 418 g/mol. The summed E-state index contributed by atoms with van der Waals surface area (Å²) >= 11 is 0. The predicted molar refractivity (Wildman–Crippen MR) is 127 cm³/mol. The van der Waals surface area contributed by atoms with Gasteiger partial charge in [-0.1, -0.05) is 19.9 Å². The Morgan fingerprint density at radius 1 is 1.12 bits per heavy atom. The highest BCUT2D eigenvalue weighted by molar-refractivity contribution is 5.95. The number of benzene rings is 1. The largest absolute Gasteiger partial charge is 0.367 e. The molecule has 2 aliphatic rings. The van der Waals surface area contributed by atoms with Gasteiger partial charge in [-0.15, -0.1) is 0 Å². The number of carbonyl (C=O) groups excluding carboxylic acids is 2. The molecule has 1 saturated heterocycles. The first kappa shape index (κ1) is 23.2. The molecule has 3 N–H and O–H groups in total. The van der Waals surface area contributed by atoms with Crippen LogP contribution in [0.5, 0.6) is 0 Å². The van der Waals surface area contributed by atoms with Gasteiger partial charge < -0.3 is 15.1 Å². The number of piperidine rings is 1. The van der Waals surface area contributed by atoms with Gasteiger partial charge in [0, 0.05) is 42.0 Å². The molecule has 0 unspecified atom stereocenters. The average molecular weight is 452 g/mol. The predicted octanol–water partition coefficient (Wildman–Crippen LogP) is 3.21. The zero-order valence-electron chi connectivity index (χ0n) is 19.4. The maximum atomic E-state index is 13.1. The third-order valence-corrected chi connectivity index (χ3v) is 7.11. The fraction of sp³-hybridized carbons (Fsp3) is 0.480. The molecule has 8 nitrogen and oxygen atoms in total. The van der Waals surface area contributed by atoms with Gasteiger partial charge in [-0.3, -0.25) is 14.8 Å². The minimum Gasteiger partial charge on any atom is -0.367 e. The van der Waals surface area contributed by atoms with Crippen LogP contribution in [-0.2, 0) is 17.8 Å². The van der Waals surface area contributed by atoms with Crippen molar-refractivity contribution in [2.24, 2.45) is 5.41 Å². The molecule has 8 heteroatoms. The Bertz CT molecular complexity index is 1020. The fourth-order valence-corrected chi connectivity index (χ4v) is 4.73. The van der Waals surface area contributed by atoms with E-state index in [1.165, 1.54) is 0 Å². The summed E-state index contributed by atoms with van der Waals surface area (Å²) in [5.41, 5.74) is 5.06. The number of rotatable bonds is 5. The summed E-state index contributed by atoms with van der Waals surface area (Å²) in [5, 5.41) is 12.0. The molecule has 4 rings (SSSR count). The highest BCUT2D eigenvalue weighted by atomic mass is 16.5. The van der Waals surface area contributed by atoms with E-state index in [4.69, 9.17) is 5.21 Å². The van der Waals surface area contributed by atoms with Crippen LogP contribution in [0.25, 0.3) is 0 Å². The van der Waals surface area contributed by atoms with E-state index in [2.05, 4.69) is 33.9 Å². The molecule has 0 radical (unpaired) electrons. The van der Waals surface area contributed by atoms with Gasteiger partial charge in [0.2, 0.25) is 5.91 Å². The van der Waals surface area contributed by atoms with Crippen LogP contribution in [0, 0.1) is 5.41 Å². The lowest BCUT2D eigenvalue weighted by Crippen LogP contribution is -2.44. The fourth-order valence-electron chi connectivity index (χ4n) is 4.73. The van der Waals surface area contributed by atoms with Crippen LogP contribution < -0.4 is 15.7 Å². The number of fused-ring (bicyclic) bond motifs is 1. The molecule has 1 fully saturated rings. The first-order valence-electron chi connectivity index (χ1n) is 11.7. The molecule has 33 heavy (non-hydrogen) atoms. The number of amides is 2. The summed E-state index contributed by atoms with van der Waals surface area (Å²) < 4.78 is 0. The number of carbonyl (C=O) groups is 2. The maximum Gasteiger partial charge on any atom is 0.274 e. The van der Waals surface area contributed by atoms with Crippen LogP contribution >= 0.6 is 0 Å². The number of hydrogen-bond acceptors (Lipinski definition) is 6. The van der Waals surface area contributed by atoms with E-state index < -0.39 is 5.91 Å². The second-order valence-electron chi connectivity index (χ2n) is 9.30. The molecule has 1 aromatic heterocycles. The Morgan fingerprint density at radius 2 is 1.91 bits per heavy atom. The summed E-state index contributed by atoms with van der Waals surface area (Å²) in [6.07, 6.45) is 5.25. The van der Waals surface area contributed by atoms with Gasteiger partial charge in [-0.2, -0.15) is 0 Å². The van der Waals surface area contributed by atoms with E-state index in [9.17, 15) is 9.59 Å². The van der Waals surface area contributed by atoms with E-state index >= 15 is 0 Å². The summed E-state index contributed by atoms with van der Waals surface area (Å²) in [7, 11) is 0. The van der Waals surface area contributed by atoms with Crippen molar-refractivity contribution in [1.82, 2.24) is 15.4 Å². The van der Waals surface area contributed by atoms with Crippen LogP contribution in [-0.4, -0.2) is 53.1 Å². The molecule has 2 aliphatic heterocycles. The number of hydroxylamine groups is 1. The molecule has 0 saturated carbocycles. The second kappa shape index (κ2) is 9.89. The Balaban J connectivity index is 1.46. The quantitative estimate of drug-likeness (QED) is 0.477. The molecule has 3 heterocycles. The number of nitrogens with zero attached hydrogens (tertiary/aromatic N) is 3. The second-order valence-corrected chi connectivity index (χ2v) is 9.30. The van der Waals surface area contributed by atoms with Crippen LogP contribution in [0.3, 0.4) is 0 Å².